The lowest BCUT2D eigenvalue weighted by Gasteiger charge is -2.12. The number of aromatic amines is 1. The first-order valence-corrected chi connectivity index (χ1v) is 9.77. The number of aliphatic imine (C=N–C) groups is 1. The van der Waals surface area contributed by atoms with Gasteiger partial charge in [-0.05, 0) is 37.1 Å². The third-order valence-electron chi connectivity index (χ3n) is 3.76. The molecular formula is C16H25FIN5O2S. The lowest BCUT2D eigenvalue weighted by atomic mass is 10.1. The Morgan fingerprint density at radius 1 is 1.23 bits per heavy atom. The highest BCUT2D eigenvalue weighted by molar-refractivity contribution is 14.0. The summed E-state index contributed by atoms with van der Waals surface area (Å²) in [6.45, 7) is 2.97. The molecule has 0 saturated carbocycles. The summed E-state index contributed by atoms with van der Waals surface area (Å²) in [6, 6.07) is 4.69. The van der Waals surface area contributed by atoms with Crippen LogP contribution in [0.15, 0.2) is 29.4 Å². The highest BCUT2D eigenvalue weighted by Gasteiger charge is 2.06. The van der Waals surface area contributed by atoms with Gasteiger partial charge in [-0.15, -0.1) is 24.0 Å². The summed E-state index contributed by atoms with van der Waals surface area (Å²) in [5.74, 6) is 0.401. The van der Waals surface area contributed by atoms with E-state index in [1.54, 1.807) is 20.0 Å². The third-order valence-corrected chi connectivity index (χ3v) is 5.16. The number of sulfonamides is 1. The minimum atomic E-state index is -3.18. The highest BCUT2D eigenvalue weighted by Crippen LogP contribution is 2.19. The van der Waals surface area contributed by atoms with Crippen molar-refractivity contribution in [2.24, 2.45) is 4.99 Å². The van der Waals surface area contributed by atoms with Crippen molar-refractivity contribution in [3.8, 4) is 0 Å². The van der Waals surface area contributed by atoms with E-state index in [4.69, 9.17) is 0 Å². The minimum Gasteiger partial charge on any atom is -0.361 e. The number of H-pyrrole nitrogens is 1. The highest BCUT2D eigenvalue weighted by atomic mass is 127. The molecule has 2 aromatic rings. The van der Waals surface area contributed by atoms with Gasteiger partial charge in [0.05, 0.1) is 5.75 Å². The largest absolute Gasteiger partial charge is 0.361 e. The molecule has 0 aliphatic heterocycles. The van der Waals surface area contributed by atoms with Crippen molar-refractivity contribution in [2.45, 2.75) is 13.3 Å². The van der Waals surface area contributed by atoms with E-state index < -0.39 is 10.0 Å². The molecule has 10 heteroatoms. The SMILES string of the molecule is CCS(=O)(=O)NCCNC(=NC)NCCc1c[nH]c2cc(F)ccc12.I. The molecule has 0 radical (unpaired) electrons. The van der Waals surface area contributed by atoms with Crippen LogP contribution in [0.2, 0.25) is 0 Å². The van der Waals surface area contributed by atoms with Crippen molar-refractivity contribution < 1.29 is 12.8 Å². The standard InChI is InChI=1S/C16H24FN5O2S.HI/c1-3-25(23,24)22-9-8-20-16(18-2)19-7-6-12-11-21-15-10-13(17)4-5-14(12)15;/h4-5,10-11,21-22H,3,6-9H2,1-2H3,(H2,18,19,20);1H. The van der Waals surface area contributed by atoms with Crippen LogP contribution in [0, 0.1) is 5.82 Å². The van der Waals surface area contributed by atoms with Gasteiger partial charge in [-0.3, -0.25) is 4.99 Å². The van der Waals surface area contributed by atoms with Gasteiger partial charge in [0.15, 0.2) is 5.96 Å². The fourth-order valence-electron chi connectivity index (χ4n) is 2.39. The van der Waals surface area contributed by atoms with Crippen LogP contribution < -0.4 is 15.4 Å². The fourth-order valence-corrected chi connectivity index (χ4v) is 3.01. The third kappa shape index (κ3) is 6.72. The van der Waals surface area contributed by atoms with Gasteiger partial charge in [-0.25, -0.2) is 17.5 Å². The van der Waals surface area contributed by atoms with Crippen molar-refractivity contribution in [1.29, 1.82) is 0 Å². The lowest BCUT2D eigenvalue weighted by molar-refractivity contribution is 0.582. The van der Waals surface area contributed by atoms with Crippen molar-refractivity contribution in [3.63, 3.8) is 0 Å². The second kappa shape index (κ2) is 10.7. The molecular weight excluding hydrogens is 472 g/mol. The number of nitrogens with one attached hydrogen (secondary N) is 4. The van der Waals surface area contributed by atoms with Crippen molar-refractivity contribution in [2.75, 3.05) is 32.4 Å². The summed E-state index contributed by atoms with van der Waals surface area (Å²) in [5.41, 5.74) is 1.87. The van der Waals surface area contributed by atoms with E-state index in [1.807, 2.05) is 6.20 Å². The Kier molecular flexibility index (Phi) is 9.30. The summed E-state index contributed by atoms with van der Waals surface area (Å²) < 4.78 is 38.3. The van der Waals surface area contributed by atoms with Crippen LogP contribution in [0.4, 0.5) is 4.39 Å². The number of benzene rings is 1. The summed E-state index contributed by atoms with van der Waals surface area (Å²) in [6.07, 6.45) is 2.62. The molecule has 4 N–H and O–H groups in total. The Balaban J connectivity index is 0.00000338. The van der Waals surface area contributed by atoms with E-state index >= 15 is 0 Å². The van der Waals surface area contributed by atoms with Gasteiger partial charge in [0.25, 0.3) is 0 Å². The molecule has 1 aromatic carbocycles. The van der Waals surface area contributed by atoms with Crippen LogP contribution in [0.1, 0.15) is 12.5 Å². The quantitative estimate of drug-likeness (QED) is 0.193. The van der Waals surface area contributed by atoms with Crippen LogP contribution >= 0.6 is 24.0 Å². The van der Waals surface area contributed by atoms with Crippen molar-refractivity contribution in [3.05, 3.63) is 35.8 Å². The molecule has 0 bridgehead atoms. The molecule has 0 atom stereocenters. The molecule has 0 fully saturated rings. The van der Waals surface area contributed by atoms with Crippen LogP contribution in [-0.4, -0.2) is 51.8 Å². The summed E-state index contributed by atoms with van der Waals surface area (Å²) in [5, 5.41) is 7.21. The van der Waals surface area contributed by atoms with Crippen LogP contribution in [-0.2, 0) is 16.4 Å². The number of rotatable bonds is 8. The zero-order valence-electron chi connectivity index (χ0n) is 14.8. The number of fused-ring (bicyclic) bond motifs is 1. The van der Waals surface area contributed by atoms with E-state index in [9.17, 15) is 12.8 Å². The maximum absolute atomic E-state index is 13.2. The molecule has 0 aliphatic rings. The van der Waals surface area contributed by atoms with E-state index in [0.717, 1.165) is 22.9 Å². The predicted molar refractivity (Wildman–Crippen MR) is 114 cm³/mol. The van der Waals surface area contributed by atoms with Crippen molar-refractivity contribution in [1.82, 2.24) is 20.3 Å². The molecule has 0 aliphatic carbocycles. The van der Waals surface area contributed by atoms with Crippen LogP contribution in [0.25, 0.3) is 10.9 Å². The molecule has 1 aromatic heterocycles. The molecule has 0 unspecified atom stereocenters. The second-order valence-electron chi connectivity index (χ2n) is 5.48. The molecule has 2 rings (SSSR count). The molecule has 7 nitrogen and oxygen atoms in total. The summed E-state index contributed by atoms with van der Waals surface area (Å²) in [7, 11) is -1.52. The predicted octanol–water partition coefficient (Wildman–Crippen LogP) is 1.57. The number of hydrogen-bond donors (Lipinski definition) is 4. The van der Waals surface area contributed by atoms with Gasteiger partial charge < -0.3 is 15.6 Å². The fraction of sp³-hybridized carbons (Fsp3) is 0.438. The number of aromatic nitrogens is 1. The zero-order valence-corrected chi connectivity index (χ0v) is 17.9. The number of nitrogens with zero attached hydrogens (tertiary/aromatic N) is 1. The van der Waals surface area contributed by atoms with Gasteiger partial charge >= 0.3 is 0 Å². The van der Waals surface area contributed by atoms with Crippen molar-refractivity contribution >= 4 is 50.9 Å². The first kappa shape index (κ1) is 22.6. The lowest BCUT2D eigenvalue weighted by Crippen LogP contribution is -2.42. The first-order chi connectivity index (χ1) is 11.9. The average Bonchev–Trinajstić information content (AvgIpc) is 2.99. The normalized spacial score (nSPS) is 12.0. The average molecular weight is 497 g/mol. The topological polar surface area (TPSA) is 98.4 Å². The Bertz CT molecular complexity index is 838. The molecule has 146 valence electrons. The Labute approximate surface area is 170 Å². The Morgan fingerprint density at radius 2 is 1.96 bits per heavy atom. The summed E-state index contributed by atoms with van der Waals surface area (Å²) >= 11 is 0. The smallest absolute Gasteiger partial charge is 0.211 e. The number of hydrogen-bond acceptors (Lipinski definition) is 3. The molecule has 0 amide bonds. The van der Waals surface area contributed by atoms with Gasteiger partial charge in [-0.2, -0.15) is 0 Å². The molecule has 0 saturated heterocycles. The summed E-state index contributed by atoms with van der Waals surface area (Å²) in [4.78, 5) is 7.16. The van der Waals surface area contributed by atoms with E-state index in [1.165, 1.54) is 12.1 Å². The van der Waals surface area contributed by atoms with Gasteiger partial charge in [0, 0.05) is 43.8 Å². The van der Waals surface area contributed by atoms with E-state index in [2.05, 4.69) is 25.3 Å². The Morgan fingerprint density at radius 3 is 2.65 bits per heavy atom. The van der Waals surface area contributed by atoms with Gasteiger partial charge in [0.1, 0.15) is 5.82 Å². The van der Waals surface area contributed by atoms with Gasteiger partial charge in [-0.1, -0.05) is 0 Å². The molecule has 26 heavy (non-hydrogen) atoms. The number of halogens is 2. The van der Waals surface area contributed by atoms with E-state index in [-0.39, 0.29) is 35.5 Å². The second-order valence-corrected chi connectivity index (χ2v) is 7.57. The maximum atomic E-state index is 13.2. The molecule has 1 heterocycles. The van der Waals surface area contributed by atoms with Gasteiger partial charge in [0.2, 0.25) is 10.0 Å². The zero-order chi connectivity index (χ0) is 18.3. The number of guanidine groups is 1. The maximum Gasteiger partial charge on any atom is 0.211 e. The molecule has 0 spiro atoms. The minimum absolute atomic E-state index is 0. The monoisotopic (exact) mass is 497 g/mol. The Hall–Kier alpha value is -1.40. The van der Waals surface area contributed by atoms with Crippen LogP contribution in [0.5, 0.6) is 0 Å². The first-order valence-electron chi connectivity index (χ1n) is 8.12. The van der Waals surface area contributed by atoms with E-state index in [0.29, 0.717) is 25.6 Å². The van der Waals surface area contributed by atoms with Crippen LogP contribution in [0.3, 0.4) is 0 Å².